The highest BCUT2D eigenvalue weighted by Gasteiger charge is 2.10. The number of benzene rings is 1. The first-order chi connectivity index (χ1) is 8.26. The monoisotopic (exact) mass is 267 g/mol. The lowest BCUT2D eigenvalue weighted by Crippen LogP contribution is -2.13. The van der Waals surface area contributed by atoms with E-state index in [4.69, 9.17) is 11.6 Å². The molecule has 0 aliphatic heterocycles. The molecule has 0 amide bonds. The molecule has 0 unspecified atom stereocenters. The minimum absolute atomic E-state index is 0.832. The Morgan fingerprint density at radius 3 is 2.82 bits per heavy atom. The van der Waals surface area contributed by atoms with E-state index < -0.39 is 0 Å². The van der Waals surface area contributed by atoms with Crippen molar-refractivity contribution in [3.63, 3.8) is 0 Å². The van der Waals surface area contributed by atoms with Crippen molar-refractivity contribution in [1.82, 2.24) is 5.32 Å². The van der Waals surface area contributed by atoms with Crippen molar-refractivity contribution in [2.24, 2.45) is 0 Å². The highest BCUT2D eigenvalue weighted by Crippen LogP contribution is 2.33. The maximum Gasteiger partial charge on any atom is 0.0413 e. The van der Waals surface area contributed by atoms with Crippen molar-refractivity contribution in [2.75, 3.05) is 6.54 Å². The van der Waals surface area contributed by atoms with Crippen LogP contribution in [0.2, 0.25) is 5.02 Å². The zero-order valence-corrected chi connectivity index (χ0v) is 11.9. The van der Waals surface area contributed by atoms with Crippen molar-refractivity contribution < 1.29 is 0 Å². The molecule has 0 saturated carbocycles. The Kier molecular flexibility index (Phi) is 4.43. The van der Waals surface area contributed by atoms with E-state index in [1.807, 2.05) is 17.4 Å². The van der Waals surface area contributed by atoms with Gasteiger partial charge in [0.15, 0.2) is 0 Å². The topological polar surface area (TPSA) is 12.0 Å². The summed E-state index contributed by atoms with van der Waals surface area (Å²) in [6.07, 6.45) is 2.25. The lowest BCUT2D eigenvalue weighted by Gasteiger charge is -2.03. The molecular weight excluding hydrogens is 250 g/mol. The molecule has 1 N–H and O–H groups in total. The largest absolute Gasteiger partial charge is 0.312 e. The molecule has 2 aromatic rings. The normalized spacial score (nSPS) is 11.2. The third-order valence-electron chi connectivity index (χ3n) is 2.90. The molecule has 0 aliphatic carbocycles. The molecule has 3 heteroatoms. The van der Waals surface area contributed by atoms with Crippen molar-refractivity contribution in [3.05, 3.63) is 33.7 Å². The van der Waals surface area contributed by atoms with E-state index in [1.165, 1.54) is 26.9 Å². The number of hydrogen-bond donors (Lipinski definition) is 1. The number of hydrogen-bond acceptors (Lipinski definition) is 2. The van der Waals surface area contributed by atoms with Crippen LogP contribution >= 0.6 is 22.9 Å². The molecule has 0 bridgehead atoms. The zero-order chi connectivity index (χ0) is 12.3. The molecule has 0 spiro atoms. The van der Waals surface area contributed by atoms with E-state index in [2.05, 4.69) is 31.3 Å². The maximum atomic E-state index is 6.07. The number of halogens is 1. The van der Waals surface area contributed by atoms with Gasteiger partial charge >= 0.3 is 0 Å². The standard InChI is InChI=1S/C14H18ClNS/c1-3-7-16-9-14-11(4-2)12-8-10(15)5-6-13(12)17-14/h5-6,8,16H,3-4,7,9H2,1-2H3. The van der Waals surface area contributed by atoms with E-state index in [0.717, 1.165) is 24.5 Å². The van der Waals surface area contributed by atoms with Gasteiger partial charge in [-0.25, -0.2) is 0 Å². The summed E-state index contributed by atoms with van der Waals surface area (Å²) >= 11 is 7.96. The summed E-state index contributed by atoms with van der Waals surface area (Å²) < 4.78 is 1.35. The third-order valence-corrected chi connectivity index (χ3v) is 4.35. The molecule has 17 heavy (non-hydrogen) atoms. The van der Waals surface area contributed by atoms with Crippen LogP contribution in [-0.2, 0) is 13.0 Å². The molecule has 1 aromatic heterocycles. The summed E-state index contributed by atoms with van der Waals surface area (Å²) in [5.74, 6) is 0. The molecule has 1 heterocycles. The first-order valence-corrected chi connectivity index (χ1v) is 7.36. The minimum Gasteiger partial charge on any atom is -0.312 e. The Morgan fingerprint density at radius 1 is 1.29 bits per heavy atom. The molecule has 0 atom stereocenters. The fourth-order valence-corrected chi connectivity index (χ4v) is 3.50. The van der Waals surface area contributed by atoms with Gasteiger partial charge in [0.1, 0.15) is 0 Å². The Labute approximate surface area is 112 Å². The van der Waals surface area contributed by atoms with Crippen LogP contribution in [0.3, 0.4) is 0 Å². The second-order valence-corrected chi connectivity index (χ2v) is 5.75. The van der Waals surface area contributed by atoms with Crippen molar-refractivity contribution in [1.29, 1.82) is 0 Å². The van der Waals surface area contributed by atoms with Gasteiger partial charge in [0.25, 0.3) is 0 Å². The number of nitrogens with one attached hydrogen (secondary N) is 1. The van der Waals surface area contributed by atoms with Gasteiger partial charge in [-0.05, 0) is 48.5 Å². The zero-order valence-electron chi connectivity index (χ0n) is 10.3. The van der Waals surface area contributed by atoms with E-state index in [-0.39, 0.29) is 0 Å². The Balaban J connectivity index is 2.35. The number of thiophene rings is 1. The average Bonchev–Trinajstić information content (AvgIpc) is 2.66. The molecular formula is C14H18ClNS. The van der Waals surface area contributed by atoms with Crippen LogP contribution in [0.15, 0.2) is 18.2 Å². The van der Waals surface area contributed by atoms with E-state index in [1.54, 1.807) is 0 Å². The first kappa shape index (κ1) is 12.9. The van der Waals surface area contributed by atoms with Crippen LogP contribution < -0.4 is 5.32 Å². The Bertz CT molecular complexity index is 504. The predicted molar refractivity (Wildman–Crippen MR) is 78.2 cm³/mol. The van der Waals surface area contributed by atoms with Crippen molar-refractivity contribution >= 4 is 33.0 Å². The van der Waals surface area contributed by atoms with Crippen LogP contribution in [0.5, 0.6) is 0 Å². The second-order valence-electron chi connectivity index (χ2n) is 4.17. The molecule has 0 saturated heterocycles. The number of rotatable bonds is 5. The predicted octanol–water partition coefficient (Wildman–Crippen LogP) is 4.62. The molecule has 92 valence electrons. The molecule has 1 aromatic carbocycles. The van der Waals surface area contributed by atoms with Gasteiger partial charge in [0, 0.05) is 21.1 Å². The summed E-state index contributed by atoms with van der Waals surface area (Å²) in [6.45, 7) is 6.47. The molecule has 1 nitrogen and oxygen atoms in total. The van der Waals surface area contributed by atoms with Crippen LogP contribution in [0.1, 0.15) is 30.7 Å². The minimum atomic E-state index is 0.832. The molecule has 0 fully saturated rings. The van der Waals surface area contributed by atoms with Gasteiger partial charge in [0.05, 0.1) is 0 Å². The van der Waals surface area contributed by atoms with Crippen LogP contribution in [0.4, 0.5) is 0 Å². The van der Waals surface area contributed by atoms with Gasteiger partial charge in [0.2, 0.25) is 0 Å². The fraction of sp³-hybridized carbons (Fsp3) is 0.429. The highest BCUT2D eigenvalue weighted by atomic mass is 35.5. The number of aryl methyl sites for hydroxylation is 1. The van der Waals surface area contributed by atoms with Gasteiger partial charge in [-0.3, -0.25) is 0 Å². The fourth-order valence-electron chi connectivity index (χ4n) is 2.08. The SMILES string of the molecule is CCCNCc1sc2ccc(Cl)cc2c1CC. The highest BCUT2D eigenvalue weighted by molar-refractivity contribution is 7.19. The third kappa shape index (κ3) is 2.82. The summed E-state index contributed by atoms with van der Waals surface area (Å²) in [7, 11) is 0. The van der Waals surface area contributed by atoms with E-state index in [9.17, 15) is 0 Å². The first-order valence-electron chi connectivity index (χ1n) is 6.16. The van der Waals surface area contributed by atoms with Gasteiger partial charge < -0.3 is 5.32 Å². The van der Waals surface area contributed by atoms with E-state index in [0.29, 0.717) is 0 Å². The maximum absolute atomic E-state index is 6.07. The van der Waals surface area contributed by atoms with Gasteiger partial charge in [-0.1, -0.05) is 25.4 Å². The molecule has 0 radical (unpaired) electrons. The molecule has 2 rings (SSSR count). The second kappa shape index (κ2) is 5.85. The Hall–Kier alpha value is -0.570. The summed E-state index contributed by atoms with van der Waals surface area (Å²) in [5.41, 5.74) is 1.45. The summed E-state index contributed by atoms with van der Waals surface area (Å²) in [5, 5.41) is 5.64. The summed E-state index contributed by atoms with van der Waals surface area (Å²) in [6, 6.07) is 6.20. The van der Waals surface area contributed by atoms with Gasteiger partial charge in [-0.2, -0.15) is 0 Å². The van der Waals surface area contributed by atoms with Crippen LogP contribution in [0, 0.1) is 0 Å². The summed E-state index contributed by atoms with van der Waals surface area (Å²) in [4.78, 5) is 1.46. The van der Waals surface area contributed by atoms with Gasteiger partial charge in [-0.15, -0.1) is 11.3 Å². The van der Waals surface area contributed by atoms with Crippen molar-refractivity contribution in [2.45, 2.75) is 33.2 Å². The Morgan fingerprint density at radius 2 is 2.12 bits per heavy atom. The molecule has 0 aliphatic rings. The van der Waals surface area contributed by atoms with Crippen LogP contribution in [0.25, 0.3) is 10.1 Å². The van der Waals surface area contributed by atoms with E-state index >= 15 is 0 Å². The lowest BCUT2D eigenvalue weighted by atomic mass is 10.1. The number of fused-ring (bicyclic) bond motifs is 1. The van der Waals surface area contributed by atoms with Crippen molar-refractivity contribution in [3.8, 4) is 0 Å². The lowest BCUT2D eigenvalue weighted by molar-refractivity contribution is 0.679. The smallest absolute Gasteiger partial charge is 0.0413 e. The quantitative estimate of drug-likeness (QED) is 0.780. The van der Waals surface area contributed by atoms with Crippen LogP contribution in [-0.4, -0.2) is 6.54 Å². The average molecular weight is 268 g/mol.